The van der Waals surface area contributed by atoms with Crippen LogP contribution in [-0.4, -0.2) is 6.61 Å². The number of rotatable bonds is 4. The lowest BCUT2D eigenvalue weighted by atomic mass is 9.86. The number of benzene rings is 2. The van der Waals surface area contributed by atoms with Crippen LogP contribution in [0, 0.1) is 11.7 Å². The maximum absolute atomic E-state index is 14.7. The first-order valence-corrected chi connectivity index (χ1v) is 9.57. The van der Waals surface area contributed by atoms with Crippen LogP contribution in [0.4, 0.5) is 4.39 Å². The number of allylic oxidation sites excluding steroid dienone is 4. The maximum Gasteiger partial charge on any atom is 0.149 e. The Bertz CT molecular complexity index is 863. The summed E-state index contributed by atoms with van der Waals surface area (Å²) in [6.45, 7) is 2.70. The number of halogens is 2. The molecule has 0 amide bonds. The Balaban J connectivity index is 1.56. The SMILES string of the molecule is C/C=C/C1CC=C(c2ccc(-c3ccc(C4CO4)c(Cl)c3F)cc2)CC1. The molecule has 1 nitrogen and oxygen atoms in total. The van der Waals surface area contributed by atoms with E-state index in [1.165, 1.54) is 17.6 Å². The maximum atomic E-state index is 14.7. The van der Waals surface area contributed by atoms with Crippen molar-refractivity contribution in [2.45, 2.75) is 32.3 Å². The Hall–Kier alpha value is -1.90. The molecule has 1 aliphatic carbocycles. The van der Waals surface area contributed by atoms with Crippen molar-refractivity contribution >= 4 is 17.2 Å². The molecule has 2 atom stereocenters. The zero-order chi connectivity index (χ0) is 18.1. The van der Waals surface area contributed by atoms with Gasteiger partial charge in [-0.3, -0.25) is 0 Å². The van der Waals surface area contributed by atoms with Crippen LogP contribution in [0.2, 0.25) is 5.02 Å². The highest BCUT2D eigenvalue weighted by Gasteiger charge is 2.29. The van der Waals surface area contributed by atoms with Gasteiger partial charge < -0.3 is 4.74 Å². The van der Waals surface area contributed by atoms with Gasteiger partial charge in [0.1, 0.15) is 11.9 Å². The summed E-state index contributed by atoms with van der Waals surface area (Å²) in [6, 6.07) is 11.8. The first-order valence-electron chi connectivity index (χ1n) is 9.19. The molecule has 1 fully saturated rings. The molecule has 0 bridgehead atoms. The standard InChI is InChI=1S/C23H22ClFO/c1-2-3-15-4-6-16(7-5-15)17-8-10-18(11-9-17)19-12-13-20(21-14-26-21)22(24)23(19)25/h2-3,6,8-13,15,21H,4-5,7,14H2,1H3/b3-2+. The van der Waals surface area contributed by atoms with Gasteiger partial charge >= 0.3 is 0 Å². The van der Waals surface area contributed by atoms with Crippen LogP contribution in [0.5, 0.6) is 0 Å². The van der Waals surface area contributed by atoms with E-state index in [-0.39, 0.29) is 16.9 Å². The van der Waals surface area contributed by atoms with Crippen molar-refractivity contribution in [1.29, 1.82) is 0 Å². The summed E-state index contributed by atoms with van der Waals surface area (Å²) in [7, 11) is 0. The Labute approximate surface area is 159 Å². The summed E-state index contributed by atoms with van der Waals surface area (Å²) in [6.07, 6.45) is 10.1. The van der Waals surface area contributed by atoms with Gasteiger partial charge in [0.05, 0.1) is 11.6 Å². The molecule has 0 radical (unpaired) electrons. The largest absolute Gasteiger partial charge is 0.368 e. The Morgan fingerprint density at radius 2 is 1.85 bits per heavy atom. The van der Waals surface area contributed by atoms with E-state index in [1.54, 1.807) is 6.07 Å². The summed E-state index contributed by atoms with van der Waals surface area (Å²) in [5, 5.41) is 0.180. The average Bonchev–Trinajstić information content (AvgIpc) is 3.50. The number of hydrogen-bond acceptors (Lipinski definition) is 1. The fourth-order valence-electron chi connectivity index (χ4n) is 3.69. The minimum Gasteiger partial charge on any atom is -0.368 e. The van der Waals surface area contributed by atoms with Gasteiger partial charge in [0.25, 0.3) is 0 Å². The first-order chi connectivity index (χ1) is 12.7. The van der Waals surface area contributed by atoms with Crippen LogP contribution in [-0.2, 0) is 4.74 Å². The van der Waals surface area contributed by atoms with Gasteiger partial charge in [-0.15, -0.1) is 0 Å². The molecule has 4 rings (SSSR count). The third-order valence-corrected chi connectivity index (χ3v) is 5.66. The monoisotopic (exact) mass is 368 g/mol. The number of epoxide rings is 1. The zero-order valence-corrected chi connectivity index (χ0v) is 15.6. The third kappa shape index (κ3) is 3.49. The lowest BCUT2D eigenvalue weighted by Crippen LogP contribution is -2.02. The van der Waals surface area contributed by atoms with Gasteiger partial charge in [-0.25, -0.2) is 4.39 Å². The molecule has 2 aliphatic rings. The van der Waals surface area contributed by atoms with Crippen LogP contribution >= 0.6 is 11.6 Å². The quantitative estimate of drug-likeness (QED) is 0.419. The Morgan fingerprint density at radius 3 is 2.46 bits per heavy atom. The Morgan fingerprint density at radius 1 is 1.12 bits per heavy atom. The molecule has 0 aromatic heterocycles. The van der Waals surface area contributed by atoms with Crippen LogP contribution < -0.4 is 0 Å². The second-order valence-electron chi connectivity index (χ2n) is 7.02. The van der Waals surface area contributed by atoms with Crippen molar-refractivity contribution in [2.75, 3.05) is 6.61 Å². The lowest BCUT2D eigenvalue weighted by Gasteiger charge is -2.19. The third-order valence-electron chi connectivity index (χ3n) is 5.28. The molecular formula is C23H22ClFO. The lowest BCUT2D eigenvalue weighted by molar-refractivity contribution is 0.415. The molecule has 0 spiro atoms. The molecule has 1 heterocycles. The molecule has 2 aromatic carbocycles. The predicted octanol–water partition coefficient (Wildman–Crippen LogP) is 6.98. The molecule has 0 saturated carbocycles. The second-order valence-corrected chi connectivity index (χ2v) is 7.40. The highest BCUT2D eigenvalue weighted by molar-refractivity contribution is 6.32. The smallest absolute Gasteiger partial charge is 0.149 e. The Kier molecular flexibility index (Phi) is 4.97. The molecule has 2 aromatic rings. The summed E-state index contributed by atoms with van der Waals surface area (Å²) < 4.78 is 19.9. The first kappa shape index (κ1) is 17.5. The highest BCUT2D eigenvalue weighted by atomic mass is 35.5. The van der Waals surface area contributed by atoms with E-state index in [0.29, 0.717) is 18.1 Å². The van der Waals surface area contributed by atoms with Crippen molar-refractivity contribution in [3.05, 3.63) is 76.6 Å². The van der Waals surface area contributed by atoms with E-state index in [1.807, 2.05) is 18.2 Å². The van der Waals surface area contributed by atoms with E-state index < -0.39 is 0 Å². The van der Waals surface area contributed by atoms with Gasteiger partial charge in [0.15, 0.2) is 0 Å². The molecule has 1 aliphatic heterocycles. The minimum absolute atomic E-state index is 0.0435. The fraction of sp³-hybridized carbons (Fsp3) is 0.304. The molecule has 134 valence electrons. The van der Waals surface area contributed by atoms with Crippen LogP contribution in [0.15, 0.2) is 54.6 Å². The fourth-order valence-corrected chi connectivity index (χ4v) is 3.98. The van der Waals surface area contributed by atoms with E-state index in [9.17, 15) is 4.39 Å². The van der Waals surface area contributed by atoms with E-state index >= 15 is 0 Å². The summed E-state index contributed by atoms with van der Waals surface area (Å²) in [4.78, 5) is 0. The van der Waals surface area contributed by atoms with Gasteiger partial charge in [-0.2, -0.15) is 0 Å². The average molecular weight is 369 g/mol. The molecule has 2 unspecified atom stereocenters. The predicted molar refractivity (Wildman–Crippen MR) is 106 cm³/mol. The minimum atomic E-state index is -0.363. The van der Waals surface area contributed by atoms with Gasteiger partial charge in [-0.05, 0) is 48.8 Å². The molecule has 3 heteroatoms. The summed E-state index contributed by atoms with van der Waals surface area (Å²) in [5.41, 5.74) is 4.74. The zero-order valence-electron chi connectivity index (χ0n) is 14.8. The van der Waals surface area contributed by atoms with Gasteiger partial charge in [-0.1, -0.05) is 66.2 Å². The van der Waals surface area contributed by atoms with E-state index in [4.69, 9.17) is 16.3 Å². The van der Waals surface area contributed by atoms with Crippen molar-refractivity contribution in [3.63, 3.8) is 0 Å². The van der Waals surface area contributed by atoms with Gasteiger partial charge in [0.2, 0.25) is 0 Å². The van der Waals surface area contributed by atoms with Crippen molar-refractivity contribution in [2.24, 2.45) is 5.92 Å². The molecule has 1 saturated heterocycles. The normalized spacial score (nSPS) is 22.5. The topological polar surface area (TPSA) is 12.5 Å². The van der Waals surface area contributed by atoms with Crippen molar-refractivity contribution in [1.82, 2.24) is 0 Å². The summed E-state index contributed by atoms with van der Waals surface area (Å²) >= 11 is 6.21. The number of hydrogen-bond donors (Lipinski definition) is 0. The molecule has 26 heavy (non-hydrogen) atoms. The van der Waals surface area contributed by atoms with Gasteiger partial charge in [0, 0.05) is 11.1 Å². The summed E-state index contributed by atoms with van der Waals surface area (Å²) in [5.74, 6) is 0.298. The van der Waals surface area contributed by atoms with Crippen LogP contribution in [0.3, 0.4) is 0 Å². The van der Waals surface area contributed by atoms with Crippen LogP contribution in [0.25, 0.3) is 16.7 Å². The highest BCUT2D eigenvalue weighted by Crippen LogP contribution is 2.39. The molecule has 0 N–H and O–H groups in total. The van der Waals surface area contributed by atoms with Crippen LogP contribution in [0.1, 0.15) is 43.4 Å². The van der Waals surface area contributed by atoms with Crippen molar-refractivity contribution < 1.29 is 9.13 Å². The van der Waals surface area contributed by atoms with E-state index in [0.717, 1.165) is 24.0 Å². The number of ether oxygens (including phenoxy) is 1. The van der Waals surface area contributed by atoms with E-state index in [2.05, 4.69) is 37.3 Å². The molecular weight excluding hydrogens is 347 g/mol. The second kappa shape index (κ2) is 7.38. The van der Waals surface area contributed by atoms with Crippen molar-refractivity contribution in [3.8, 4) is 11.1 Å².